The first-order valence-corrected chi connectivity index (χ1v) is 38.0. The van der Waals surface area contributed by atoms with Crippen molar-refractivity contribution >= 4 is 111 Å². The van der Waals surface area contributed by atoms with Gasteiger partial charge >= 0.3 is 0 Å². The van der Waals surface area contributed by atoms with Crippen LogP contribution in [-0.2, 0) is 64.1 Å². The Morgan fingerprint density at radius 2 is 1.05 bits per heavy atom. The lowest BCUT2D eigenvalue weighted by molar-refractivity contribution is -0.156. The lowest BCUT2D eigenvalue weighted by Gasteiger charge is -2.41. The van der Waals surface area contributed by atoms with Crippen molar-refractivity contribution in [3.63, 3.8) is 0 Å². The smallest absolute Gasteiger partial charge is 0.246 e. The van der Waals surface area contributed by atoms with E-state index in [9.17, 15) is 42.7 Å². The van der Waals surface area contributed by atoms with Crippen molar-refractivity contribution in [2.24, 2.45) is 41.4 Å². The van der Waals surface area contributed by atoms with Gasteiger partial charge in [0.2, 0.25) is 70.9 Å². The quantitative estimate of drug-likeness (QED) is 0.0360. The summed E-state index contributed by atoms with van der Waals surface area (Å²) >= 11 is 2.12. The molecule has 1 aliphatic heterocycles. The van der Waals surface area contributed by atoms with E-state index in [4.69, 9.17) is 5.73 Å². The largest absolute Gasteiger partial charge is 0.382 e. The van der Waals surface area contributed by atoms with Crippen molar-refractivity contribution in [1.82, 2.24) is 60.6 Å². The molecule has 105 heavy (non-hydrogen) atoms. The number of nitrogens with two attached hydrogens (primary N) is 1. The minimum absolute atomic E-state index is 0.0348. The number of carbonyl (C=O) groups excluding carboxylic acids is 12. The molecule has 0 radical (unpaired) electrons. The number of nitrogens with one attached hydrogen (secondary N) is 6. The molecular formula is C76H123FIN15O12. The predicted molar refractivity (Wildman–Crippen MR) is 415 cm³/mol. The van der Waals surface area contributed by atoms with Gasteiger partial charge in [0, 0.05) is 66.2 Å². The Morgan fingerprint density at radius 1 is 0.562 bits per heavy atom. The van der Waals surface area contributed by atoms with Crippen molar-refractivity contribution in [3.8, 4) is 0 Å². The van der Waals surface area contributed by atoms with Crippen LogP contribution in [0.4, 0.5) is 21.7 Å². The minimum atomic E-state index is -1.32. The lowest BCUT2D eigenvalue weighted by atomic mass is 9.93. The molecule has 1 aromatic carbocycles. The van der Waals surface area contributed by atoms with Crippen LogP contribution in [0.25, 0.3) is 0 Å². The molecule has 1 aliphatic rings. The van der Waals surface area contributed by atoms with Gasteiger partial charge in [0.1, 0.15) is 77.9 Å². The summed E-state index contributed by atoms with van der Waals surface area (Å²) in [6.07, 6.45) is 5.04. The molecule has 0 spiro atoms. The number of aromatic nitrogens is 1. The number of allylic oxidation sites excluding steroid dienone is 2. The van der Waals surface area contributed by atoms with E-state index in [0.29, 0.717) is 30.9 Å². The van der Waals surface area contributed by atoms with Crippen LogP contribution < -0.4 is 37.6 Å². The summed E-state index contributed by atoms with van der Waals surface area (Å²) in [7, 11) is 10.1. The number of nitrogens with zero attached hydrogens (tertiary/aromatic N) is 8. The van der Waals surface area contributed by atoms with Crippen molar-refractivity contribution < 1.29 is 61.9 Å². The zero-order valence-electron chi connectivity index (χ0n) is 66.4. The molecule has 0 saturated carbocycles. The number of benzene rings is 1. The van der Waals surface area contributed by atoms with Gasteiger partial charge in [-0.2, -0.15) is 0 Å². The molecule has 2 heterocycles. The van der Waals surface area contributed by atoms with E-state index >= 15 is 19.2 Å². The highest BCUT2D eigenvalue weighted by molar-refractivity contribution is 14.1. The van der Waals surface area contributed by atoms with E-state index in [1.807, 2.05) is 74.5 Å². The predicted octanol–water partition coefficient (Wildman–Crippen LogP) is 6.84. The number of alkyl halides is 1. The highest BCUT2D eigenvalue weighted by Gasteiger charge is 2.46. The molecule has 12 atom stereocenters. The first-order chi connectivity index (χ1) is 48.9. The molecule has 3 rings (SSSR count). The third-order valence-corrected chi connectivity index (χ3v) is 21.0. The average molecular weight is 1580 g/mol. The molecule has 29 heteroatoms. The van der Waals surface area contributed by atoms with Gasteiger partial charge in [0.25, 0.3) is 0 Å². The monoisotopic (exact) mass is 1580 g/mol. The Bertz CT molecular complexity index is 3340. The number of hydrogen-bond donors (Lipinski definition) is 7. The van der Waals surface area contributed by atoms with E-state index in [1.54, 1.807) is 58.9 Å². The molecule has 0 unspecified atom stereocenters. The number of likely N-dealkylation sites (N-methyl/N-ethyl adjacent to an activating group) is 7. The maximum Gasteiger partial charge on any atom is 0.246 e. The van der Waals surface area contributed by atoms with Gasteiger partial charge in [0.15, 0.2) is 0 Å². The average Bonchev–Trinajstić information content (AvgIpc) is 0.793. The maximum absolute atomic E-state index is 15.6. The van der Waals surface area contributed by atoms with Crippen molar-refractivity contribution in [2.45, 2.75) is 233 Å². The topological polar surface area (TPSA) is 339 Å². The molecule has 1 fully saturated rings. The summed E-state index contributed by atoms with van der Waals surface area (Å²) in [6.45, 7) is 28.2. The van der Waals surface area contributed by atoms with Gasteiger partial charge in [-0.05, 0) is 130 Å². The summed E-state index contributed by atoms with van der Waals surface area (Å²) in [5.41, 5.74) is 7.36. The standard InChI is InChI=1S/C76H123FIN15O12/c1-24-53-72(101)87(17)41-61(95)88(18)55(36-42(2)3)69(98)86-63(46(10)11)75(104)89(19)56(37-43(4)5)68(97)81-49(15)67(96)82-50(16)71(100)90(20)57(38-44(6)7)73(102)91(21)58(39-45(8)9)74(103)92(22)64(47(12)13)76(105)93(23)65(70(99)84-53)62(78)48(14)28-26-25-27-29-60(94)83-54-34-35-59(85-66(54)79)80-40-51-30-32-52(77)33-31-51/h25-26,30-35,42-50,53,55-58,62-65H,24,27-29,36-41H2,1-23H3,(H,81,97)(H,82,96)(H,83,94)(H,84,99)(H,86,98)(H3,79,80,85)/b26-25+/t48-,49+,50-,53+,55+,56+,57+,58+,62-,63+,64+,65+/m1/s1. The summed E-state index contributed by atoms with van der Waals surface area (Å²) < 4.78 is 12.7. The number of anilines is 3. The van der Waals surface area contributed by atoms with E-state index in [2.05, 4.69) is 59.5 Å². The van der Waals surface area contributed by atoms with Gasteiger partial charge in [0.05, 0.1) is 12.2 Å². The van der Waals surface area contributed by atoms with Gasteiger partial charge < -0.3 is 71.9 Å². The number of rotatable bonds is 22. The third kappa shape index (κ3) is 26.8. The third-order valence-electron chi connectivity index (χ3n) is 19.1. The number of hydrogen-bond acceptors (Lipinski definition) is 15. The molecule has 0 aliphatic carbocycles. The molecular weight excluding hydrogens is 1460 g/mol. The molecule has 27 nitrogen and oxygen atoms in total. The van der Waals surface area contributed by atoms with Gasteiger partial charge in [-0.3, -0.25) is 57.5 Å². The number of nitrogen functional groups attached to an aromatic ring is 1. The van der Waals surface area contributed by atoms with E-state index in [1.165, 1.54) is 105 Å². The zero-order valence-corrected chi connectivity index (χ0v) is 68.5. The Labute approximate surface area is 636 Å². The molecule has 2 aromatic rings. The number of carbonyl (C=O) groups is 12. The van der Waals surface area contributed by atoms with Gasteiger partial charge in [-0.1, -0.05) is 144 Å². The molecule has 0 bridgehead atoms. The van der Waals surface area contributed by atoms with E-state index in [-0.39, 0.29) is 85.7 Å². The SMILES string of the molecule is CC[C@@H]1NC(=O)[C@H]([C@H](I)[C@H](C)C/C=C/CCC(=O)Nc2ccc(NCc3ccc(F)cc3)nc2N)N(C)C(=O)[C@H](C(C)C)N(C)C(=O)[C@H](CC(C)C)N(C)C(=O)[C@H](CC(C)C)N(C)C(=O)[C@@H](C)NC(=O)[C@H](C)NC(=O)[C@H](CC(C)C)N(C)C(=O)[C@H](C(C)C)NC(=O)[C@H](CC(C)C)N(C)C(=O)CN(C)C1=O. The first-order valence-electron chi connectivity index (χ1n) is 36.8. The summed E-state index contributed by atoms with van der Waals surface area (Å²) in [6, 6.07) is -2.81. The first kappa shape index (κ1) is 91.2. The van der Waals surface area contributed by atoms with Crippen LogP contribution >= 0.6 is 22.6 Å². The van der Waals surface area contributed by atoms with Gasteiger partial charge in [-0.15, -0.1) is 0 Å². The van der Waals surface area contributed by atoms with E-state index in [0.717, 1.165) is 10.5 Å². The van der Waals surface area contributed by atoms with E-state index < -0.39 is 148 Å². The molecule has 1 aromatic heterocycles. The maximum atomic E-state index is 15.6. The Morgan fingerprint density at radius 3 is 1.56 bits per heavy atom. The van der Waals surface area contributed by atoms with Crippen molar-refractivity contribution in [3.05, 3.63) is 59.9 Å². The normalized spacial score (nSPS) is 23.9. The highest BCUT2D eigenvalue weighted by Crippen LogP contribution is 2.29. The number of halogens is 2. The fourth-order valence-corrected chi connectivity index (χ4v) is 13.7. The van der Waals surface area contributed by atoms with Crippen LogP contribution in [0.5, 0.6) is 0 Å². The van der Waals surface area contributed by atoms with Crippen LogP contribution in [0, 0.1) is 47.2 Å². The molecule has 1 saturated heterocycles. The van der Waals surface area contributed by atoms with Crippen LogP contribution in [-0.4, -0.2) is 230 Å². The molecule has 588 valence electrons. The second kappa shape index (κ2) is 42.4. The summed E-state index contributed by atoms with van der Waals surface area (Å²) in [5, 5.41) is 17.1. The van der Waals surface area contributed by atoms with Crippen LogP contribution in [0.1, 0.15) is 168 Å². The fourth-order valence-electron chi connectivity index (χ4n) is 12.6. The molecule has 12 amide bonds. The second-order valence-corrected chi connectivity index (χ2v) is 32.1. The Hall–Kier alpha value is -7.99. The number of amides is 12. The van der Waals surface area contributed by atoms with Crippen molar-refractivity contribution in [1.29, 1.82) is 0 Å². The van der Waals surface area contributed by atoms with Crippen LogP contribution in [0.3, 0.4) is 0 Å². The summed E-state index contributed by atoms with van der Waals surface area (Å²) in [4.78, 5) is 189. The Kier molecular flexibility index (Phi) is 36.8. The summed E-state index contributed by atoms with van der Waals surface area (Å²) in [5.74, 6) is -9.47. The Balaban J connectivity index is 2.20. The van der Waals surface area contributed by atoms with Crippen LogP contribution in [0.2, 0.25) is 0 Å². The lowest BCUT2D eigenvalue weighted by Crippen LogP contribution is -2.63. The fraction of sp³-hybridized carbons (Fsp3) is 0.671. The second-order valence-electron chi connectivity index (χ2n) is 30.6. The van der Waals surface area contributed by atoms with Gasteiger partial charge in [-0.25, -0.2) is 9.37 Å². The highest BCUT2D eigenvalue weighted by atomic mass is 127. The number of pyridine rings is 1. The molecule has 8 N–H and O–H groups in total. The van der Waals surface area contributed by atoms with Crippen molar-refractivity contribution in [2.75, 3.05) is 72.2 Å². The minimum Gasteiger partial charge on any atom is -0.382 e. The zero-order chi connectivity index (χ0) is 79.9. The van der Waals surface area contributed by atoms with Crippen LogP contribution in [0.15, 0.2) is 48.6 Å².